The van der Waals surface area contributed by atoms with Gasteiger partial charge in [-0.25, -0.2) is 0 Å². The zero-order chi connectivity index (χ0) is 14.4. The average molecular weight is 287 g/mol. The van der Waals surface area contributed by atoms with Crippen LogP contribution in [-0.4, -0.2) is 5.54 Å². The molecular formula is C18H25NS. The zero-order valence-electron chi connectivity index (χ0n) is 12.8. The molecule has 1 nitrogen and oxygen atoms in total. The molecule has 0 fully saturated rings. The molecule has 108 valence electrons. The highest BCUT2D eigenvalue weighted by Crippen LogP contribution is 2.27. The van der Waals surface area contributed by atoms with E-state index in [9.17, 15) is 0 Å². The highest BCUT2D eigenvalue weighted by molar-refractivity contribution is 7.10. The molecule has 0 radical (unpaired) electrons. The second-order valence-electron chi connectivity index (χ2n) is 5.36. The summed E-state index contributed by atoms with van der Waals surface area (Å²) < 4.78 is 0. The van der Waals surface area contributed by atoms with E-state index in [-0.39, 0.29) is 0 Å². The third-order valence-electron chi connectivity index (χ3n) is 4.43. The maximum absolute atomic E-state index is 3.77. The molecule has 20 heavy (non-hydrogen) atoms. The van der Waals surface area contributed by atoms with Gasteiger partial charge in [0.1, 0.15) is 0 Å². The minimum atomic E-state index is 0.302. The van der Waals surface area contributed by atoms with Crippen molar-refractivity contribution in [3.05, 3.63) is 46.7 Å². The normalized spacial score (nSPS) is 11.8. The molecule has 1 heterocycles. The molecule has 1 aromatic carbocycles. The molecular weight excluding hydrogens is 262 g/mol. The first-order valence-electron chi connectivity index (χ1n) is 7.61. The van der Waals surface area contributed by atoms with Crippen molar-refractivity contribution in [3.63, 3.8) is 0 Å². The SMILES string of the molecule is CCC(CC)(CC)NCc1cc(-c2ccccc2)cs1. The molecule has 0 unspecified atom stereocenters. The van der Waals surface area contributed by atoms with Gasteiger partial charge in [-0.05, 0) is 41.8 Å². The van der Waals surface area contributed by atoms with Gasteiger partial charge in [-0.2, -0.15) is 0 Å². The van der Waals surface area contributed by atoms with Gasteiger partial charge in [0.2, 0.25) is 0 Å². The lowest BCUT2D eigenvalue weighted by molar-refractivity contribution is 0.289. The third-order valence-corrected chi connectivity index (χ3v) is 5.37. The van der Waals surface area contributed by atoms with Gasteiger partial charge >= 0.3 is 0 Å². The summed E-state index contributed by atoms with van der Waals surface area (Å²) >= 11 is 1.85. The van der Waals surface area contributed by atoms with Crippen LogP contribution in [0.4, 0.5) is 0 Å². The summed E-state index contributed by atoms with van der Waals surface area (Å²) in [4.78, 5) is 1.42. The van der Waals surface area contributed by atoms with Gasteiger partial charge in [0.05, 0.1) is 0 Å². The Balaban J connectivity index is 2.03. The van der Waals surface area contributed by atoms with Crippen LogP contribution in [0.3, 0.4) is 0 Å². The van der Waals surface area contributed by atoms with Crippen LogP contribution < -0.4 is 5.32 Å². The van der Waals surface area contributed by atoms with Crippen molar-refractivity contribution in [2.45, 2.75) is 52.1 Å². The number of benzene rings is 1. The molecule has 1 N–H and O–H groups in total. The zero-order valence-corrected chi connectivity index (χ0v) is 13.6. The van der Waals surface area contributed by atoms with Crippen LogP contribution in [-0.2, 0) is 6.54 Å². The third kappa shape index (κ3) is 3.50. The minimum absolute atomic E-state index is 0.302. The molecule has 0 spiro atoms. The van der Waals surface area contributed by atoms with E-state index >= 15 is 0 Å². The molecule has 0 saturated heterocycles. The number of hydrogen-bond acceptors (Lipinski definition) is 2. The van der Waals surface area contributed by atoms with Gasteiger partial charge in [-0.1, -0.05) is 51.1 Å². The van der Waals surface area contributed by atoms with E-state index < -0.39 is 0 Å². The topological polar surface area (TPSA) is 12.0 Å². The average Bonchev–Trinajstić information content (AvgIpc) is 2.99. The largest absolute Gasteiger partial charge is 0.306 e. The summed E-state index contributed by atoms with van der Waals surface area (Å²) in [6.45, 7) is 7.82. The molecule has 0 amide bonds. The lowest BCUT2D eigenvalue weighted by Gasteiger charge is -2.31. The van der Waals surface area contributed by atoms with E-state index in [4.69, 9.17) is 0 Å². The van der Waals surface area contributed by atoms with E-state index in [2.05, 4.69) is 67.9 Å². The Morgan fingerprint density at radius 2 is 1.60 bits per heavy atom. The predicted octanol–water partition coefficient (Wildman–Crippen LogP) is 5.47. The lowest BCUT2D eigenvalue weighted by atomic mass is 9.90. The molecule has 1 aromatic heterocycles. The van der Waals surface area contributed by atoms with E-state index in [0.29, 0.717) is 5.54 Å². The number of rotatable bonds is 7. The van der Waals surface area contributed by atoms with Crippen molar-refractivity contribution in [1.29, 1.82) is 0 Å². The highest BCUT2D eigenvalue weighted by Gasteiger charge is 2.22. The maximum atomic E-state index is 3.77. The Labute approximate surface area is 127 Å². The van der Waals surface area contributed by atoms with E-state index in [1.165, 1.54) is 35.3 Å². The van der Waals surface area contributed by atoms with Crippen LogP contribution in [0.1, 0.15) is 44.9 Å². The van der Waals surface area contributed by atoms with Gasteiger partial charge in [-0.15, -0.1) is 11.3 Å². The first-order valence-corrected chi connectivity index (χ1v) is 8.49. The van der Waals surface area contributed by atoms with Crippen LogP contribution >= 0.6 is 11.3 Å². The summed E-state index contributed by atoms with van der Waals surface area (Å²) in [5.74, 6) is 0. The lowest BCUT2D eigenvalue weighted by Crippen LogP contribution is -2.42. The molecule has 0 saturated carbocycles. The van der Waals surface area contributed by atoms with Crippen LogP contribution in [0.25, 0.3) is 11.1 Å². The summed E-state index contributed by atoms with van der Waals surface area (Å²) in [6.07, 6.45) is 3.57. The molecule has 2 heteroatoms. The molecule has 0 aliphatic rings. The van der Waals surface area contributed by atoms with Crippen molar-refractivity contribution in [1.82, 2.24) is 5.32 Å². The summed E-state index contributed by atoms with van der Waals surface area (Å²) in [5.41, 5.74) is 2.95. The van der Waals surface area contributed by atoms with Gasteiger partial charge in [0.25, 0.3) is 0 Å². The molecule has 0 bridgehead atoms. The van der Waals surface area contributed by atoms with E-state index in [1.807, 2.05) is 11.3 Å². The maximum Gasteiger partial charge on any atom is 0.0305 e. The van der Waals surface area contributed by atoms with Crippen LogP contribution in [0.5, 0.6) is 0 Å². The first-order chi connectivity index (χ1) is 9.73. The number of hydrogen-bond donors (Lipinski definition) is 1. The van der Waals surface area contributed by atoms with Gasteiger partial charge in [0, 0.05) is 17.0 Å². The Morgan fingerprint density at radius 1 is 0.950 bits per heavy atom. The summed E-state index contributed by atoms with van der Waals surface area (Å²) in [5, 5.41) is 6.04. The van der Waals surface area contributed by atoms with Crippen molar-refractivity contribution in [2.24, 2.45) is 0 Å². The van der Waals surface area contributed by atoms with E-state index in [0.717, 1.165) is 6.54 Å². The van der Waals surface area contributed by atoms with Crippen molar-refractivity contribution in [2.75, 3.05) is 0 Å². The Kier molecular flexibility index (Phi) is 5.38. The Hall–Kier alpha value is -1.12. The summed E-state index contributed by atoms with van der Waals surface area (Å²) in [7, 11) is 0. The second kappa shape index (κ2) is 7.05. The number of nitrogens with one attached hydrogen (secondary N) is 1. The summed E-state index contributed by atoms with van der Waals surface area (Å²) in [6, 6.07) is 12.9. The molecule has 2 rings (SSSR count). The van der Waals surface area contributed by atoms with Gasteiger partial charge in [-0.3, -0.25) is 0 Å². The van der Waals surface area contributed by atoms with Gasteiger partial charge < -0.3 is 5.32 Å². The fourth-order valence-corrected chi connectivity index (χ4v) is 3.49. The van der Waals surface area contributed by atoms with Gasteiger partial charge in [0.15, 0.2) is 0 Å². The fourth-order valence-electron chi connectivity index (χ4n) is 2.65. The van der Waals surface area contributed by atoms with Crippen molar-refractivity contribution < 1.29 is 0 Å². The second-order valence-corrected chi connectivity index (χ2v) is 6.36. The quantitative estimate of drug-likeness (QED) is 0.711. The van der Waals surface area contributed by atoms with E-state index in [1.54, 1.807) is 0 Å². The first kappa shape index (κ1) is 15.3. The predicted molar refractivity (Wildman–Crippen MR) is 90.2 cm³/mol. The molecule has 0 atom stereocenters. The van der Waals surface area contributed by atoms with Crippen molar-refractivity contribution in [3.8, 4) is 11.1 Å². The molecule has 0 aliphatic carbocycles. The molecule has 2 aromatic rings. The smallest absolute Gasteiger partial charge is 0.0305 e. The highest BCUT2D eigenvalue weighted by atomic mass is 32.1. The van der Waals surface area contributed by atoms with Crippen LogP contribution in [0.15, 0.2) is 41.8 Å². The Morgan fingerprint density at radius 3 is 2.20 bits per heavy atom. The molecule has 0 aliphatic heterocycles. The van der Waals surface area contributed by atoms with Crippen LogP contribution in [0, 0.1) is 0 Å². The van der Waals surface area contributed by atoms with Crippen molar-refractivity contribution >= 4 is 11.3 Å². The fraction of sp³-hybridized carbons (Fsp3) is 0.444. The van der Waals surface area contributed by atoms with Crippen LogP contribution in [0.2, 0.25) is 0 Å². The standard InChI is InChI=1S/C18H25NS/c1-4-18(5-2,6-3)19-13-17-12-16(14-20-17)15-10-8-7-9-11-15/h7-12,14,19H,4-6,13H2,1-3H3. The number of thiophene rings is 1. The Bertz CT molecular complexity index is 503. The monoisotopic (exact) mass is 287 g/mol. The minimum Gasteiger partial charge on any atom is -0.306 e.